The van der Waals surface area contributed by atoms with E-state index in [1.54, 1.807) is 0 Å². The zero-order valence-corrected chi connectivity index (χ0v) is 13.6. The first-order valence-electron chi connectivity index (χ1n) is 9.20. The number of piperidine rings is 1. The average Bonchev–Trinajstić information content (AvgIpc) is 3.33. The van der Waals surface area contributed by atoms with Gasteiger partial charge in [0.25, 0.3) is 0 Å². The second-order valence-corrected chi connectivity index (χ2v) is 7.31. The van der Waals surface area contributed by atoms with Crippen LogP contribution in [0.25, 0.3) is 0 Å². The van der Waals surface area contributed by atoms with Crippen molar-refractivity contribution >= 4 is 5.69 Å². The number of nitrogens with one attached hydrogen (secondary N) is 1. The summed E-state index contributed by atoms with van der Waals surface area (Å²) in [7, 11) is 0. The van der Waals surface area contributed by atoms with Gasteiger partial charge in [0, 0.05) is 50.5 Å². The van der Waals surface area contributed by atoms with Crippen LogP contribution in [0.2, 0.25) is 0 Å². The van der Waals surface area contributed by atoms with Crippen molar-refractivity contribution in [1.29, 1.82) is 0 Å². The molecule has 4 rings (SSSR count). The fourth-order valence-corrected chi connectivity index (χ4v) is 3.96. The molecule has 0 unspecified atom stereocenters. The molecule has 1 aromatic carbocycles. The molecule has 1 atom stereocenters. The molecule has 1 saturated carbocycles. The highest BCUT2D eigenvalue weighted by atomic mass is 15.2. The van der Waals surface area contributed by atoms with Crippen molar-refractivity contribution in [2.45, 2.75) is 57.2 Å². The van der Waals surface area contributed by atoms with Crippen LogP contribution in [0.15, 0.2) is 24.3 Å². The molecule has 2 aliphatic heterocycles. The standard InChI is InChI=1S/C19H29N3/c1-2-11-21(12-3-1)18-6-4-16(5-7-18)14-20-17-10-13-22(15-17)19-8-9-19/h4-7,17,19-20H,1-3,8-15H2/t17-/m1/s1. The highest BCUT2D eigenvalue weighted by Crippen LogP contribution is 2.29. The highest BCUT2D eigenvalue weighted by molar-refractivity contribution is 5.47. The van der Waals surface area contributed by atoms with Crippen LogP contribution in [0.3, 0.4) is 0 Å². The third-order valence-electron chi connectivity index (χ3n) is 5.54. The Labute approximate surface area is 134 Å². The number of rotatable bonds is 5. The molecule has 2 saturated heterocycles. The number of hydrogen-bond acceptors (Lipinski definition) is 3. The van der Waals surface area contributed by atoms with Crippen LogP contribution in [0.4, 0.5) is 5.69 Å². The Bertz CT molecular complexity index is 474. The molecule has 0 amide bonds. The number of hydrogen-bond donors (Lipinski definition) is 1. The summed E-state index contributed by atoms with van der Waals surface area (Å²) in [4.78, 5) is 5.21. The Morgan fingerprint density at radius 2 is 1.68 bits per heavy atom. The van der Waals surface area contributed by atoms with Crippen molar-refractivity contribution in [1.82, 2.24) is 10.2 Å². The fraction of sp³-hybridized carbons (Fsp3) is 0.684. The lowest BCUT2D eigenvalue weighted by atomic mass is 10.1. The van der Waals surface area contributed by atoms with Gasteiger partial charge in [-0.2, -0.15) is 0 Å². The van der Waals surface area contributed by atoms with Gasteiger partial charge in [0.1, 0.15) is 0 Å². The predicted molar refractivity (Wildman–Crippen MR) is 92.3 cm³/mol. The molecule has 0 radical (unpaired) electrons. The minimum Gasteiger partial charge on any atom is -0.372 e. The molecular weight excluding hydrogens is 270 g/mol. The van der Waals surface area contributed by atoms with Gasteiger partial charge in [-0.25, -0.2) is 0 Å². The lowest BCUT2D eigenvalue weighted by Crippen LogP contribution is -2.33. The zero-order valence-electron chi connectivity index (χ0n) is 13.6. The number of likely N-dealkylation sites (tertiary alicyclic amines) is 1. The molecule has 2 heterocycles. The average molecular weight is 299 g/mol. The molecule has 3 nitrogen and oxygen atoms in total. The minimum atomic E-state index is 0.697. The van der Waals surface area contributed by atoms with E-state index in [0.717, 1.165) is 12.6 Å². The van der Waals surface area contributed by atoms with E-state index in [2.05, 4.69) is 39.4 Å². The van der Waals surface area contributed by atoms with E-state index >= 15 is 0 Å². The molecule has 22 heavy (non-hydrogen) atoms. The minimum absolute atomic E-state index is 0.697. The monoisotopic (exact) mass is 299 g/mol. The second-order valence-electron chi connectivity index (χ2n) is 7.31. The van der Waals surface area contributed by atoms with Gasteiger partial charge in [-0.1, -0.05) is 12.1 Å². The largest absolute Gasteiger partial charge is 0.372 e. The number of nitrogens with zero attached hydrogens (tertiary/aromatic N) is 2. The van der Waals surface area contributed by atoms with Gasteiger partial charge < -0.3 is 10.2 Å². The zero-order chi connectivity index (χ0) is 14.8. The topological polar surface area (TPSA) is 18.5 Å². The molecule has 3 aliphatic rings. The number of benzene rings is 1. The summed E-state index contributed by atoms with van der Waals surface area (Å²) < 4.78 is 0. The molecule has 1 aromatic rings. The van der Waals surface area contributed by atoms with Crippen molar-refractivity contribution in [2.75, 3.05) is 31.1 Å². The van der Waals surface area contributed by atoms with Crippen LogP contribution in [0.1, 0.15) is 44.1 Å². The summed E-state index contributed by atoms with van der Waals surface area (Å²) in [5.41, 5.74) is 2.83. The molecular formula is C19H29N3. The quantitative estimate of drug-likeness (QED) is 0.901. The van der Waals surface area contributed by atoms with E-state index in [1.165, 1.54) is 76.0 Å². The van der Waals surface area contributed by atoms with Crippen LogP contribution in [-0.4, -0.2) is 43.2 Å². The lowest BCUT2D eigenvalue weighted by Gasteiger charge is -2.29. The van der Waals surface area contributed by atoms with E-state index in [4.69, 9.17) is 0 Å². The normalized spacial score (nSPS) is 26.5. The maximum atomic E-state index is 3.75. The van der Waals surface area contributed by atoms with Gasteiger partial charge in [0.2, 0.25) is 0 Å². The van der Waals surface area contributed by atoms with Crippen LogP contribution in [-0.2, 0) is 6.54 Å². The highest BCUT2D eigenvalue weighted by Gasteiger charge is 2.33. The molecule has 120 valence electrons. The Morgan fingerprint density at radius 3 is 2.41 bits per heavy atom. The first-order valence-corrected chi connectivity index (χ1v) is 9.20. The lowest BCUT2D eigenvalue weighted by molar-refractivity contribution is 0.317. The van der Waals surface area contributed by atoms with Gasteiger partial charge in [0.15, 0.2) is 0 Å². The van der Waals surface area contributed by atoms with Gasteiger partial charge in [-0.15, -0.1) is 0 Å². The molecule has 0 bridgehead atoms. The summed E-state index contributed by atoms with van der Waals surface area (Å²) >= 11 is 0. The van der Waals surface area contributed by atoms with Crippen molar-refractivity contribution < 1.29 is 0 Å². The Kier molecular flexibility index (Phi) is 4.35. The molecule has 0 aromatic heterocycles. The summed E-state index contributed by atoms with van der Waals surface area (Å²) in [6, 6.07) is 10.9. The summed E-state index contributed by atoms with van der Waals surface area (Å²) in [6.45, 7) is 6.05. The van der Waals surface area contributed by atoms with E-state index < -0.39 is 0 Å². The molecule has 3 fully saturated rings. The van der Waals surface area contributed by atoms with E-state index in [1.807, 2.05) is 0 Å². The molecule has 1 N–H and O–H groups in total. The van der Waals surface area contributed by atoms with Crippen molar-refractivity contribution in [3.63, 3.8) is 0 Å². The third kappa shape index (κ3) is 3.47. The van der Waals surface area contributed by atoms with Crippen molar-refractivity contribution in [2.24, 2.45) is 0 Å². The van der Waals surface area contributed by atoms with Gasteiger partial charge >= 0.3 is 0 Å². The fourth-order valence-electron chi connectivity index (χ4n) is 3.96. The van der Waals surface area contributed by atoms with E-state index in [9.17, 15) is 0 Å². The van der Waals surface area contributed by atoms with E-state index in [-0.39, 0.29) is 0 Å². The van der Waals surface area contributed by atoms with Crippen molar-refractivity contribution in [3.05, 3.63) is 29.8 Å². The van der Waals surface area contributed by atoms with E-state index in [0.29, 0.717) is 6.04 Å². The molecule has 3 heteroatoms. The molecule has 1 aliphatic carbocycles. The Morgan fingerprint density at radius 1 is 0.909 bits per heavy atom. The Hall–Kier alpha value is -1.06. The third-order valence-corrected chi connectivity index (χ3v) is 5.54. The SMILES string of the molecule is c1cc(N2CCCCC2)ccc1CN[C@@H]1CCN(C2CC2)C1. The van der Waals surface area contributed by atoms with Crippen molar-refractivity contribution in [3.8, 4) is 0 Å². The summed E-state index contributed by atoms with van der Waals surface area (Å²) in [5.74, 6) is 0. The van der Waals surface area contributed by atoms with Gasteiger partial charge in [0.05, 0.1) is 0 Å². The smallest absolute Gasteiger partial charge is 0.0366 e. The summed E-state index contributed by atoms with van der Waals surface area (Å²) in [6.07, 6.45) is 8.29. The maximum Gasteiger partial charge on any atom is 0.0366 e. The van der Waals surface area contributed by atoms with Crippen LogP contribution in [0, 0.1) is 0 Å². The first-order chi connectivity index (χ1) is 10.9. The molecule has 0 spiro atoms. The van der Waals surface area contributed by atoms with Crippen LogP contribution in [0.5, 0.6) is 0 Å². The summed E-state index contributed by atoms with van der Waals surface area (Å²) in [5, 5.41) is 3.75. The number of anilines is 1. The van der Waals surface area contributed by atoms with Crippen LogP contribution >= 0.6 is 0 Å². The first kappa shape index (κ1) is 14.5. The van der Waals surface area contributed by atoms with Crippen LogP contribution < -0.4 is 10.2 Å². The van der Waals surface area contributed by atoms with Gasteiger partial charge in [-0.3, -0.25) is 4.90 Å². The Balaban J connectivity index is 1.26. The predicted octanol–water partition coefficient (Wildman–Crippen LogP) is 3.00. The second kappa shape index (κ2) is 6.59. The van der Waals surface area contributed by atoms with Gasteiger partial charge in [-0.05, 0) is 56.2 Å². The maximum absolute atomic E-state index is 3.75.